The van der Waals surface area contributed by atoms with Crippen LogP contribution < -0.4 is 0 Å². The van der Waals surface area contributed by atoms with Gasteiger partial charge in [-0.15, -0.1) is 0 Å². The van der Waals surface area contributed by atoms with Gasteiger partial charge < -0.3 is 5.11 Å². The Labute approximate surface area is 137 Å². The normalized spacial score (nSPS) is 31.6. The van der Waals surface area contributed by atoms with E-state index in [1.807, 2.05) is 12.2 Å². The summed E-state index contributed by atoms with van der Waals surface area (Å²) in [6.45, 7) is -0.109. The Morgan fingerprint density at radius 1 is 1.12 bits per heavy atom. The average Bonchev–Trinajstić information content (AvgIpc) is 3.24. The van der Waals surface area contributed by atoms with Gasteiger partial charge in [0.1, 0.15) is 0 Å². The zero-order valence-electron chi connectivity index (χ0n) is 12.7. The lowest BCUT2D eigenvalue weighted by atomic mass is 9.85. The van der Waals surface area contributed by atoms with Crippen molar-refractivity contribution in [3.63, 3.8) is 0 Å². The van der Waals surface area contributed by atoms with Crippen molar-refractivity contribution in [1.29, 1.82) is 0 Å². The number of hydrogen-bond donors (Lipinski definition) is 1. The minimum absolute atomic E-state index is 0.0727. The molecule has 2 amide bonds. The molecule has 1 N–H and O–H groups in total. The first kappa shape index (κ1) is 15.0. The van der Waals surface area contributed by atoms with Gasteiger partial charge in [0.05, 0.1) is 29.4 Å². The zero-order chi connectivity index (χ0) is 17.0. The molecule has 1 heterocycles. The number of nitro groups is 1. The molecule has 1 saturated carbocycles. The fraction of sp³-hybridized carbons (Fsp3) is 0.412. The van der Waals surface area contributed by atoms with Gasteiger partial charge in [0.25, 0.3) is 5.69 Å². The lowest BCUT2D eigenvalue weighted by molar-refractivity contribution is -0.384. The standard InChI is InChI=1S/C17H16N2O5/c20-13(9-3-5-12(6-4-9)19(23)24)8-18-16(21)14-10-1-2-11(7-10)15(14)17(18)22/h1-6,10-11,13-15,20H,7-8H2/t10-,11-,13-,14-,15+/m0/s1. The van der Waals surface area contributed by atoms with E-state index >= 15 is 0 Å². The van der Waals surface area contributed by atoms with Crippen molar-refractivity contribution in [2.24, 2.45) is 23.7 Å². The van der Waals surface area contributed by atoms with Crippen LogP contribution in [0.1, 0.15) is 18.1 Å². The molecule has 2 aliphatic carbocycles. The number of aliphatic hydroxyl groups excluding tert-OH is 1. The van der Waals surface area contributed by atoms with Crippen molar-refractivity contribution in [3.8, 4) is 0 Å². The highest BCUT2D eigenvalue weighted by molar-refractivity contribution is 6.06. The maximum Gasteiger partial charge on any atom is 0.269 e. The van der Waals surface area contributed by atoms with Crippen LogP contribution in [0.25, 0.3) is 0 Å². The Hall–Kier alpha value is -2.54. The molecule has 1 aliphatic heterocycles. The highest BCUT2D eigenvalue weighted by Gasteiger charge is 2.59. The minimum Gasteiger partial charge on any atom is -0.387 e. The van der Waals surface area contributed by atoms with Gasteiger partial charge >= 0.3 is 0 Å². The first-order chi connectivity index (χ1) is 11.5. The molecular weight excluding hydrogens is 312 g/mol. The summed E-state index contributed by atoms with van der Waals surface area (Å²) in [7, 11) is 0. The van der Waals surface area contributed by atoms with Crippen molar-refractivity contribution in [2.45, 2.75) is 12.5 Å². The number of carbonyl (C=O) groups is 2. The Morgan fingerprint density at radius 2 is 1.67 bits per heavy atom. The molecule has 5 atom stereocenters. The number of rotatable bonds is 4. The molecule has 0 radical (unpaired) electrons. The summed E-state index contributed by atoms with van der Waals surface area (Å²) >= 11 is 0. The molecular formula is C17H16N2O5. The van der Waals surface area contributed by atoms with Gasteiger partial charge in [0.15, 0.2) is 0 Å². The molecule has 0 unspecified atom stereocenters. The number of likely N-dealkylation sites (tertiary alicyclic amines) is 1. The summed E-state index contributed by atoms with van der Waals surface area (Å²) < 4.78 is 0. The Balaban J connectivity index is 1.50. The third-order valence-corrected chi connectivity index (χ3v) is 5.41. The van der Waals surface area contributed by atoms with E-state index in [-0.39, 0.29) is 47.7 Å². The molecule has 7 heteroatoms. The number of non-ortho nitro benzene ring substituents is 1. The quantitative estimate of drug-likeness (QED) is 0.390. The lowest BCUT2D eigenvalue weighted by Crippen LogP contribution is -2.36. The van der Waals surface area contributed by atoms with Gasteiger partial charge in [-0.3, -0.25) is 24.6 Å². The molecule has 3 aliphatic rings. The fourth-order valence-corrected chi connectivity index (χ4v) is 4.24. The van der Waals surface area contributed by atoms with Gasteiger partial charge in [-0.2, -0.15) is 0 Å². The Morgan fingerprint density at radius 3 is 2.17 bits per heavy atom. The topological polar surface area (TPSA) is 101 Å². The molecule has 1 aromatic rings. The predicted octanol–water partition coefficient (Wildman–Crippen LogP) is 1.44. The first-order valence-electron chi connectivity index (χ1n) is 7.93. The smallest absolute Gasteiger partial charge is 0.269 e. The monoisotopic (exact) mass is 328 g/mol. The van der Waals surface area contributed by atoms with Crippen LogP contribution >= 0.6 is 0 Å². The van der Waals surface area contributed by atoms with Crippen molar-refractivity contribution in [2.75, 3.05) is 6.54 Å². The molecule has 0 spiro atoms. The molecule has 1 aromatic carbocycles. The molecule has 2 fully saturated rings. The van der Waals surface area contributed by atoms with Gasteiger partial charge in [-0.25, -0.2) is 0 Å². The number of hydrogen-bond acceptors (Lipinski definition) is 5. The van der Waals surface area contributed by atoms with E-state index < -0.39 is 11.0 Å². The number of benzene rings is 1. The second-order valence-electron chi connectivity index (χ2n) is 6.65. The Kier molecular flexibility index (Phi) is 3.28. The summed E-state index contributed by atoms with van der Waals surface area (Å²) in [4.78, 5) is 36.4. The van der Waals surface area contributed by atoms with Gasteiger partial charge in [0.2, 0.25) is 11.8 Å². The van der Waals surface area contributed by atoms with Crippen molar-refractivity contribution >= 4 is 17.5 Å². The molecule has 7 nitrogen and oxygen atoms in total. The number of fused-ring (bicyclic) bond motifs is 5. The maximum atomic E-state index is 12.6. The van der Waals surface area contributed by atoms with Crippen LogP contribution in [0, 0.1) is 33.8 Å². The largest absolute Gasteiger partial charge is 0.387 e. The number of β-amino-alcohol motifs (C(OH)–C–C–N with tert-alkyl or cyclic N) is 1. The third kappa shape index (κ3) is 2.08. The Bertz CT molecular complexity index is 727. The maximum absolute atomic E-state index is 12.6. The van der Waals surface area contributed by atoms with Crippen LogP contribution in [0.3, 0.4) is 0 Å². The molecule has 1 saturated heterocycles. The van der Waals surface area contributed by atoms with Gasteiger partial charge in [0, 0.05) is 12.1 Å². The SMILES string of the molecule is O=C1[C@@H]2[C@H](C(=O)N1C[C@H](O)c1ccc([N+](=O)[O-])cc1)[C@H]1C=C[C@H]2C1. The summed E-state index contributed by atoms with van der Waals surface area (Å²) in [6.07, 6.45) is 3.86. The number of allylic oxidation sites excluding steroid dienone is 2. The predicted molar refractivity (Wildman–Crippen MR) is 82.5 cm³/mol. The van der Waals surface area contributed by atoms with E-state index in [9.17, 15) is 24.8 Å². The number of amides is 2. The number of imide groups is 1. The van der Waals surface area contributed by atoms with E-state index in [2.05, 4.69) is 0 Å². The molecule has 24 heavy (non-hydrogen) atoms. The van der Waals surface area contributed by atoms with Crippen LogP contribution in [0.15, 0.2) is 36.4 Å². The number of nitro benzene ring substituents is 1. The zero-order valence-corrected chi connectivity index (χ0v) is 12.7. The number of nitrogens with zero attached hydrogens (tertiary/aromatic N) is 2. The molecule has 2 bridgehead atoms. The van der Waals surface area contributed by atoms with Gasteiger partial charge in [-0.05, 0) is 36.0 Å². The summed E-state index contributed by atoms with van der Waals surface area (Å²) in [5, 5.41) is 21.0. The lowest BCUT2D eigenvalue weighted by Gasteiger charge is -2.20. The molecule has 0 aromatic heterocycles. The minimum atomic E-state index is -1.05. The van der Waals surface area contributed by atoms with E-state index in [4.69, 9.17) is 0 Å². The second-order valence-corrected chi connectivity index (χ2v) is 6.65. The highest BCUT2D eigenvalue weighted by Crippen LogP contribution is 2.52. The summed E-state index contributed by atoms with van der Waals surface area (Å²) in [6, 6.07) is 5.48. The second kappa shape index (κ2) is 5.24. The van der Waals surface area contributed by atoms with Gasteiger partial charge in [-0.1, -0.05) is 12.2 Å². The summed E-state index contributed by atoms with van der Waals surface area (Å²) in [5.41, 5.74) is 0.371. The van der Waals surface area contributed by atoms with Crippen LogP contribution in [0.4, 0.5) is 5.69 Å². The highest BCUT2D eigenvalue weighted by atomic mass is 16.6. The van der Waals surface area contributed by atoms with Crippen LogP contribution in [0.5, 0.6) is 0 Å². The van der Waals surface area contributed by atoms with E-state index in [1.54, 1.807) is 0 Å². The third-order valence-electron chi connectivity index (χ3n) is 5.41. The van der Waals surface area contributed by atoms with Crippen LogP contribution in [-0.4, -0.2) is 33.3 Å². The van der Waals surface area contributed by atoms with Crippen molar-refractivity contribution in [1.82, 2.24) is 4.90 Å². The van der Waals surface area contributed by atoms with Crippen LogP contribution in [-0.2, 0) is 9.59 Å². The van der Waals surface area contributed by atoms with Crippen molar-refractivity contribution in [3.05, 3.63) is 52.1 Å². The van der Waals surface area contributed by atoms with E-state index in [0.29, 0.717) is 5.56 Å². The number of carbonyl (C=O) groups excluding carboxylic acids is 2. The average molecular weight is 328 g/mol. The number of aliphatic hydroxyl groups is 1. The van der Waals surface area contributed by atoms with E-state index in [0.717, 1.165) is 11.3 Å². The fourth-order valence-electron chi connectivity index (χ4n) is 4.24. The molecule has 4 rings (SSSR count). The van der Waals surface area contributed by atoms with Crippen molar-refractivity contribution < 1.29 is 19.6 Å². The van der Waals surface area contributed by atoms with E-state index in [1.165, 1.54) is 24.3 Å². The molecule has 124 valence electrons. The summed E-state index contributed by atoms with van der Waals surface area (Å²) in [5.74, 6) is -0.699. The first-order valence-corrected chi connectivity index (χ1v) is 7.93. The van der Waals surface area contributed by atoms with Crippen LogP contribution in [0.2, 0.25) is 0 Å².